The summed E-state index contributed by atoms with van der Waals surface area (Å²) in [7, 11) is 0. The molecule has 0 fully saturated rings. The predicted octanol–water partition coefficient (Wildman–Crippen LogP) is 4.36. The van der Waals surface area contributed by atoms with Crippen LogP contribution in [0.5, 0.6) is 0 Å². The molecule has 0 radical (unpaired) electrons. The Morgan fingerprint density at radius 1 is 0.902 bits per heavy atom. The van der Waals surface area contributed by atoms with E-state index in [2.05, 4.69) is 16.7 Å². The largest absolute Gasteiger partial charge is 0.458 e. The van der Waals surface area contributed by atoms with E-state index in [9.17, 15) is 19.2 Å². The number of carbonyl (C=O) groups is 4. The molecule has 0 heterocycles. The van der Waals surface area contributed by atoms with Crippen molar-refractivity contribution in [1.29, 1.82) is 0 Å². The molecule has 0 aliphatic carbocycles. The van der Waals surface area contributed by atoms with Crippen molar-refractivity contribution in [2.24, 2.45) is 0 Å². The first-order chi connectivity index (χ1) is 19.0. The van der Waals surface area contributed by atoms with Crippen LogP contribution in [0.4, 0.5) is 4.79 Å². The van der Waals surface area contributed by atoms with Gasteiger partial charge in [0.05, 0.1) is 0 Å². The second kappa shape index (κ2) is 13.8. The second-order valence-electron chi connectivity index (χ2n) is 11.9. The van der Waals surface area contributed by atoms with E-state index in [1.165, 1.54) is 0 Å². The standard InChI is InChI=1S/C32H41N3O6/c1-10-35(26(36)20-33-30(39)41-32(7,8)9)27(24-17-21(2)16-22(3)18-24)28(37)34-25(29(38)40-31(4,5)6)19-23-14-12-11-13-15-23/h1,11-18,25,27H,19-20H2,2-9H3,(H,33,39)(H,34,37). The Morgan fingerprint density at radius 2 is 1.46 bits per heavy atom. The van der Waals surface area contributed by atoms with Gasteiger partial charge in [-0.3, -0.25) is 14.5 Å². The molecule has 9 heteroatoms. The summed E-state index contributed by atoms with van der Waals surface area (Å²) in [5.41, 5.74) is 1.39. The second-order valence-corrected chi connectivity index (χ2v) is 11.9. The van der Waals surface area contributed by atoms with Gasteiger partial charge in [-0.25, -0.2) is 9.59 Å². The first-order valence-electron chi connectivity index (χ1n) is 13.4. The van der Waals surface area contributed by atoms with Gasteiger partial charge in [0.1, 0.15) is 29.8 Å². The lowest BCUT2D eigenvalue weighted by Crippen LogP contribution is -2.51. The van der Waals surface area contributed by atoms with E-state index in [0.29, 0.717) is 5.56 Å². The van der Waals surface area contributed by atoms with Gasteiger partial charge in [0.25, 0.3) is 5.91 Å². The highest BCUT2D eigenvalue weighted by atomic mass is 16.6. The van der Waals surface area contributed by atoms with Crippen molar-refractivity contribution in [2.45, 2.75) is 85.1 Å². The number of carbonyl (C=O) groups excluding carboxylic acids is 4. The molecule has 9 nitrogen and oxygen atoms in total. The number of benzene rings is 2. The Kier molecular flexibility index (Phi) is 11.1. The average Bonchev–Trinajstić information content (AvgIpc) is 2.83. The summed E-state index contributed by atoms with van der Waals surface area (Å²) < 4.78 is 10.8. The number of rotatable bonds is 9. The molecule has 2 aromatic rings. The first kappa shape index (κ1) is 32.9. The summed E-state index contributed by atoms with van der Waals surface area (Å²) in [6, 6.07) is 14.5. The van der Waals surface area contributed by atoms with E-state index < -0.39 is 53.7 Å². The Bertz CT molecular complexity index is 1260. The van der Waals surface area contributed by atoms with Gasteiger partial charge in [0.15, 0.2) is 0 Å². The lowest BCUT2D eigenvalue weighted by atomic mass is 9.98. The van der Waals surface area contributed by atoms with Gasteiger partial charge in [0.2, 0.25) is 5.91 Å². The zero-order chi connectivity index (χ0) is 31.0. The van der Waals surface area contributed by atoms with Crippen LogP contribution in [-0.2, 0) is 30.3 Å². The quantitative estimate of drug-likeness (QED) is 0.266. The van der Waals surface area contributed by atoms with Crippen LogP contribution >= 0.6 is 0 Å². The molecule has 0 aliphatic rings. The van der Waals surface area contributed by atoms with Crippen molar-refractivity contribution in [3.05, 3.63) is 70.8 Å². The van der Waals surface area contributed by atoms with Gasteiger partial charge in [-0.15, -0.1) is 0 Å². The minimum absolute atomic E-state index is 0.158. The van der Waals surface area contributed by atoms with Crippen LogP contribution in [0.2, 0.25) is 0 Å². The predicted molar refractivity (Wildman–Crippen MR) is 156 cm³/mol. The number of alkyl carbamates (subject to hydrolysis) is 1. The van der Waals surface area contributed by atoms with Crippen LogP contribution in [0.1, 0.15) is 69.8 Å². The molecule has 0 spiro atoms. The van der Waals surface area contributed by atoms with Crippen molar-refractivity contribution in [3.63, 3.8) is 0 Å². The molecule has 2 aromatic carbocycles. The molecule has 0 saturated carbocycles. The zero-order valence-electron chi connectivity index (χ0n) is 25.2. The summed E-state index contributed by atoms with van der Waals surface area (Å²) in [5.74, 6) is -2.01. The molecule has 0 aliphatic heterocycles. The smallest absolute Gasteiger partial charge is 0.408 e. The van der Waals surface area contributed by atoms with Crippen LogP contribution < -0.4 is 10.6 Å². The number of amides is 3. The molecular formula is C32H41N3O6. The maximum absolute atomic E-state index is 13.9. The SMILES string of the molecule is C#CN(C(=O)CNC(=O)OC(C)(C)C)C(C(=O)NC(Cc1ccccc1)C(=O)OC(C)(C)C)c1cc(C)cc(C)c1. The fourth-order valence-corrected chi connectivity index (χ4v) is 4.09. The van der Waals surface area contributed by atoms with Gasteiger partial charge in [0, 0.05) is 12.5 Å². The highest BCUT2D eigenvalue weighted by molar-refractivity contribution is 5.93. The molecule has 0 aromatic heterocycles. The van der Waals surface area contributed by atoms with E-state index in [0.717, 1.165) is 21.6 Å². The third kappa shape index (κ3) is 11.0. The fraction of sp³-hybridized carbons (Fsp3) is 0.438. The number of ether oxygens (including phenoxy) is 2. The molecule has 3 amide bonds. The summed E-state index contributed by atoms with van der Waals surface area (Å²) in [4.78, 5) is 53.5. The maximum atomic E-state index is 13.9. The van der Waals surface area contributed by atoms with Crippen LogP contribution in [0, 0.1) is 26.3 Å². The van der Waals surface area contributed by atoms with Crippen molar-refractivity contribution >= 4 is 23.9 Å². The van der Waals surface area contributed by atoms with E-state index in [1.807, 2.05) is 50.2 Å². The Labute approximate surface area is 243 Å². The molecule has 41 heavy (non-hydrogen) atoms. The molecular weight excluding hydrogens is 522 g/mol. The molecule has 0 bridgehead atoms. The maximum Gasteiger partial charge on any atom is 0.408 e. The number of nitrogens with zero attached hydrogens (tertiary/aromatic N) is 1. The minimum atomic E-state index is -1.30. The van der Waals surface area contributed by atoms with Crippen molar-refractivity contribution < 1.29 is 28.7 Å². The monoisotopic (exact) mass is 563 g/mol. The lowest BCUT2D eigenvalue weighted by molar-refractivity contribution is -0.159. The van der Waals surface area contributed by atoms with Crippen LogP contribution in [0.25, 0.3) is 0 Å². The number of hydrogen-bond acceptors (Lipinski definition) is 6. The van der Waals surface area contributed by atoms with Crippen LogP contribution in [-0.4, -0.2) is 52.6 Å². The Balaban J connectivity index is 2.44. The number of hydrogen-bond donors (Lipinski definition) is 2. The normalized spacial score (nSPS) is 12.8. The third-order valence-electron chi connectivity index (χ3n) is 5.55. The van der Waals surface area contributed by atoms with Crippen LogP contribution in [0.3, 0.4) is 0 Å². The van der Waals surface area contributed by atoms with Crippen molar-refractivity contribution in [1.82, 2.24) is 15.5 Å². The summed E-state index contributed by atoms with van der Waals surface area (Å²) >= 11 is 0. The first-order valence-corrected chi connectivity index (χ1v) is 13.4. The highest BCUT2D eigenvalue weighted by Gasteiger charge is 2.35. The van der Waals surface area contributed by atoms with Gasteiger partial charge < -0.3 is 20.1 Å². The average molecular weight is 564 g/mol. The molecule has 2 atom stereocenters. The Morgan fingerprint density at radius 3 is 1.98 bits per heavy atom. The van der Waals surface area contributed by atoms with Gasteiger partial charge in [-0.05, 0) is 66.5 Å². The van der Waals surface area contributed by atoms with E-state index >= 15 is 0 Å². The van der Waals surface area contributed by atoms with Crippen molar-refractivity contribution in [2.75, 3.05) is 6.54 Å². The van der Waals surface area contributed by atoms with E-state index in [1.54, 1.807) is 53.7 Å². The third-order valence-corrected chi connectivity index (χ3v) is 5.55. The summed E-state index contributed by atoms with van der Waals surface area (Å²) in [6.07, 6.45) is 5.13. The van der Waals surface area contributed by atoms with Gasteiger partial charge in [-0.2, -0.15) is 0 Å². The van der Waals surface area contributed by atoms with Gasteiger partial charge >= 0.3 is 12.1 Å². The fourth-order valence-electron chi connectivity index (χ4n) is 4.09. The van der Waals surface area contributed by atoms with Gasteiger partial charge in [-0.1, -0.05) is 66.1 Å². The summed E-state index contributed by atoms with van der Waals surface area (Å²) in [6.45, 7) is 13.5. The van der Waals surface area contributed by atoms with Crippen LogP contribution in [0.15, 0.2) is 48.5 Å². The molecule has 2 N–H and O–H groups in total. The molecule has 220 valence electrons. The van der Waals surface area contributed by atoms with E-state index in [4.69, 9.17) is 15.9 Å². The minimum Gasteiger partial charge on any atom is -0.458 e. The zero-order valence-corrected chi connectivity index (χ0v) is 25.2. The number of aryl methyl sites for hydroxylation is 2. The Hall–Kier alpha value is -4.32. The topological polar surface area (TPSA) is 114 Å². The molecule has 2 unspecified atom stereocenters. The number of terminal acetylenes is 1. The number of esters is 1. The lowest BCUT2D eigenvalue weighted by Gasteiger charge is -2.30. The van der Waals surface area contributed by atoms with Crippen molar-refractivity contribution in [3.8, 4) is 12.5 Å². The molecule has 2 rings (SSSR count). The number of nitrogens with one attached hydrogen (secondary N) is 2. The van der Waals surface area contributed by atoms with E-state index in [-0.39, 0.29) is 6.42 Å². The summed E-state index contributed by atoms with van der Waals surface area (Å²) in [5, 5.41) is 5.16. The molecule has 0 saturated heterocycles. The highest BCUT2D eigenvalue weighted by Crippen LogP contribution is 2.24.